The van der Waals surface area contributed by atoms with Crippen molar-refractivity contribution in [2.24, 2.45) is 0 Å². The van der Waals surface area contributed by atoms with Crippen molar-refractivity contribution in [2.45, 2.75) is 300 Å². The fourth-order valence-corrected chi connectivity index (χ4v) is 11.2. The van der Waals surface area contributed by atoms with E-state index in [0.717, 1.165) is 57.8 Å². The molecule has 12 nitrogen and oxygen atoms in total. The van der Waals surface area contributed by atoms with Gasteiger partial charge in [0, 0.05) is 46.5 Å². The monoisotopic (exact) mass is 1390 g/mol. The van der Waals surface area contributed by atoms with Crippen LogP contribution in [0.25, 0.3) is 0 Å². The Balaban J connectivity index is 0.000000537. The molecule has 4 aromatic rings. The van der Waals surface area contributed by atoms with Crippen molar-refractivity contribution in [2.75, 3.05) is 26.4 Å². The Morgan fingerprint density at radius 1 is 0.314 bits per heavy atom. The van der Waals surface area contributed by atoms with Gasteiger partial charge in [-0.15, -0.1) is 24.7 Å². The molecule has 552 valence electrons. The third kappa shape index (κ3) is 35.3. The summed E-state index contributed by atoms with van der Waals surface area (Å²) in [5.41, 5.74) is 1.70. The number of terminal acetylenes is 2. The van der Waals surface area contributed by atoms with Crippen LogP contribution in [0.2, 0.25) is 0 Å². The number of unbranched alkanes of at least 4 members (excludes halogenated alkanes) is 28. The maximum atomic E-state index is 13.6. The van der Waals surface area contributed by atoms with Crippen LogP contribution in [-0.2, 0) is 9.47 Å². The van der Waals surface area contributed by atoms with Crippen LogP contribution in [0.5, 0.6) is 23.0 Å². The average molecular weight is 1390 g/mol. The topological polar surface area (TPSA) is 164 Å². The molecule has 4 aromatic carbocycles. The summed E-state index contributed by atoms with van der Waals surface area (Å²) < 4.78 is 36.4. The zero-order valence-electron chi connectivity index (χ0n) is 64.2. The van der Waals surface area contributed by atoms with Crippen LogP contribution >= 0.6 is 0 Å². The van der Waals surface area contributed by atoms with Crippen LogP contribution in [0, 0.1) is 72.1 Å². The molecule has 0 aliphatic rings. The predicted molar refractivity (Wildman–Crippen MR) is 415 cm³/mol. The molecule has 0 saturated heterocycles. The maximum Gasteiger partial charge on any atom is 0.339 e. The van der Waals surface area contributed by atoms with Crippen LogP contribution in [-0.4, -0.2) is 71.7 Å². The van der Waals surface area contributed by atoms with E-state index in [2.05, 4.69) is 86.9 Å². The summed E-state index contributed by atoms with van der Waals surface area (Å²) >= 11 is 0. The second-order valence-electron chi connectivity index (χ2n) is 28.0. The molecular weight excluding hydrogens is 1270 g/mol. The van der Waals surface area contributed by atoms with E-state index in [-0.39, 0.29) is 33.4 Å². The molecule has 0 fully saturated rings. The van der Waals surface area contributed by atoms with Crippen molar-refractivity contribution in [3.8, 4) is 95.0 Å². The second-order valence-corrected chi connectivity index (χ2v) is 28.0. The fraction of sp³-hybridized carbons (Fsp3) is 0.556. The number of ether oxygens (including phenoxy) is 6. The molecule has 0 spiro atoms. The van der Waals surface area contributed by atoms with Gasteiger partial charge in [0.25, 0.3) is 0 Å². The van der Waals surface area contributed by atoms with E-state index in [1.54, 1.807) is 79.7 Å². The first-order valence-electron chi connectivity index (χ1n) is 38.1. The number of hydrogen-bond donors (Lipinski definition) is 2. The lowest BCUT2D eigenvalue weighted by Crippen LogP contribution is -2.26. The number of benzene rings is 4. The Bertz CT molecular complexity index is 3600. The minimum Gasteiger partial charge on any atom is -0.492 e. The summed E-state index contributed by atoms with van der Waals surface area (Å²) in [7, 11) is 0. The highest BCUT2D eigenvalue weighted by atomic mass is 16.6. The SMILES string of the molecule is C#Cc1cc(OCCCCCCCCCC)c(C#Cc2cc(C(=O)O)c(C#CC)cc2C(=O)O)cc1OCCCCCCCCCC.C#Cc1cc(OCCCCCCCCCC)c(C#Cc2cc(C(=O)OC(C)(C)C)c(C#CC)cc2C(=O)OC(C)(C)C)cc1OCCCCCCCCCC. The zero-order valence-corrected chi connectivity index (χ0v) is 64.2. The lowest BCUT2D eigenvalue weighted by Gasteiger charge is -2.22. The highest BCUT2D eigenvalue weighted by Crippen LogP contribution is 2.32. The van der Waals surface area contributed by atoms with Crippen molar-refractivity contribution < 1.29 is 57.8 Å². The van der Waals surface area contributed by atoms with Crippen LogP contribution < -0.4 is 18.9 Å². The first-order chi connectivity index (χ1) is 49.1. The minimum atomic E-state index is -1.23. The Labute approximate surface area is 615 Å². The highest BCUT2D eigenvalue weighted by Gasteiger charge is 2.27. The fourth-order valence-electron chi connectivity index (χ4n) is 11.2. The number of carboxylic acid groups (broad SMARTS) is 2. The van der Waals surface area contributed by atoms with Gasteiger partial charge in [-0.25, -0.2) is 19.2 Å². The number of esters is 2. The molecule has 0 atom stereocenters. The molecule has 102 heavy (non-hydrogen) atoms. The molecule has 0 unspecified atom stereocenters. The quantitative estimate of drug-likeness (QED) is 0.0245. The summed E-state index contributed by atoms with van der Waals surface area (Å²) in [6.07, 6.45) is 49.8. The largest absolute Gasteiger partial charge is 0.492 e. The van der Waals surface area contributed by atoms with Gasteiger partial charge in [-0.1, -0.05) is 255 Å². The summed E-state index contributed by atoms with van der Waals surface area (Å²) in [6.45, 7) is 25.0. The summed E-state index contributed by atoms with van der Waals surface area (Å²) in [6, 6.07) is 12.8. The van der Waals surface area contributed by atoms with E-state index in [9.17, 15) is 29.4 Å². The van der Waals surface area contributed by atoms with E-state index in [1.807, 2.05) is 12.1 Å². The van der Waals surface area contributed by atoms with Gasteiger partial charge in [0.2, 0.25) is 0 Å². The smallest absolute Gasteiger partial charge is 0.339 e. The van der Waals surface area contributed by atoms with Crippen LogP contribution in [0.15, 0.2) is 48.5 Å². The molecule has 0 saturated carbocycles. The summed E-state index contributed by atoms with van der Waals surface area (Å²) in [5, 5.41) is 19.6. The average Bonchev–Trinajstić information content (AvgIpc) is 0.799. The summed E-state index contributed by atoms with van der Waals surface area (Å²) in [5.74, 6) is 27.5. The van der Waals surface area contributed by atoms with Gasteiger partial charge in [-0.3, -0.25) is 0 Å². The molecule has 0 aliphatic heterocycles. The van der Waals surface area contributed by atoms with Gasteiger partial charge < -0.3 is 38.6 Å². The van der Waals surface area contributed by atoms with Gasteiger partial charge in [-0.2, -0.15) is 0 Å². The van der Waals surface area contributed by atoms with E-state index < -0.39 is 35.1 Å². The number of aromatic carboxylic acids is 2. The molecule has 0 radical (unpaired) electrons. The predicted octanol–water partition coefficient (Wildman–Crippen LogP) is 22.3. The Morgan fingerprint density at radius 3 is 0.784 bits per heavy atom. The first kappa shape index (κ1) is 87.5. The third-order valence-electron chi connectivity index (χ3n) is 16.7. The normalized spacial score (nSPS) is 10.7. The van der Waals surface area contributed by atoms with Gasteiger partial charge >= 0.3 is 23.9 Å². The lowest BCUT2D eigenvalue weighted by molar-refractivity contribution is 0.00512. The number of rotatable bonds is 44. The van der Waals surface area contributed by atoms with E-state index in [0.29, 0.717) is 82.8 Å². The van der Waals surface area contributed by atoms with Crippen LogP contribution in [0.1, 0.15) is 374 Å². The Morgan fingerprint density at radius 2 is 0.529 bits per heavy atom. The molecule has 0 aromatic heterocycles. The molecule has 2 N–H and O–H groups in total. The number of hydrogen-bond acceptors (Lipinski definition) is 10. The number of carbonyl (C=O) groups excluding carboxylic acids is 2. The lowest BCUT2D eigenvalue weighted by atomic mass is 9.97. The molecule has 0 aliphatic carbocycles. The van der Waals surface area contributed by atoms with Crippen molar-refractivity contribution >= 4 is 23.9 Å². The van der Waals surface area contributed by atoms with Crippen molar-refractivity contribution in [3.05, 3.63) is 115 Å². The molecule has 0 amide bonds. The molecular formula is C90H120O12. The van der Waals surface area contributed by atoms with Crippen LogP contribution in [0.3, 0.4) is 0 Å². The Hall–Kier alpha value is -8.68. The highest BCUT2D eigenvalue weighted by molar-refractivity contribution is 5.99. The van der Waals surface area contributed by atoms with Crippen LogP contribution in [0.4, 0.5) is 0 Å². The van der Waals surface area contributed by atoms with Crippen molar-refractivity contribution in [1.82, 2.24) is 0 Å². The van der Waals surface area contributed by atoms with E-state index in [1.165, 1.54) is 160 Å². The zero-order chi connectivity index (χ0) is 75.0. The van der Waals surface area contributed by atoms with Gasteiger partial charge in [0.05, 0.1) is 70.9 Å². The minimum absolute atomic E-state index is 0.0630. The first-order valence-corrected chi connectivity index (χ1v) is 38.1. The van der Waals surface area contributed by atoms with Gasteiger partial charge in [0.15, 0.2) is 0 Å². The van der Waals surface area contributed by atoms with Gasteiger partial charge in [0.1, 0.15) is 34.2 Å². The van der Waals surface area contributed by atoms with Crippen molar-refractivity contribution in [3.63, 3.8) is 0 Å². The standard InChI is InChI=1S/C49H68O6.C41H52O6/c1-11-15-17-19-21-23-25-27-32-52-44-37-41(45(36-38(44)14-4)53-33-28-26-24-22-20-18-16-12-2)31-30-40-35-42(46(50)54-48(5,6)7)39(29-13-3)34-43(40)47(51)55-49(8,9)10;1-5-9-11-13-15-17-19-21-26-46-38-31-35(39(30-32(38)8-4)47-27-22-20-18-16-14-12-10-6-2)25-24-34-29-36(40(42)43)33(23-7-3)28-37(34)41(44)45/h4,34-37H,11-12,15-28,32-33H2,1-3,5-10H3;4,28-31H,5-6,9-22,26-27H2,1-3H3,(H,42,43)(H,44,45). The summed E-state index contributed by atoms with van der Waals surface area (Å²) in [4.78, 5) is 51.1. The third-order valence-corrected chi connectivity index (χ3v) is 16.7. The molecule has 0 bridgehead atoms. The molecule has 12 heteroatoms. The van der Waals surface area contributed by atoms with Crippen molar-refractivity contribution in [1.29, 1.82) is 0 Å². The molecule has 4 rings (SSSR count). The maximum absolute atomic E-state index is 13.6. The van der Waals surface area contributed by atoms with E-state index in [4.69, 9.17) is 41.3 Å². The Kier molecular flexibility index (Phi) is 43.4. The van der Waals surface area contributed by atoms with Gasteiger partial charge in [-0.05, 0) is 105 Å². The second kappa shape index (κ2) is 50.6. The number of carbonyl (C=O) groups is 4. The number of carboxylic acids is 2. The van der Waals surface area contributed by atoms with E-state index >= 15 is 0 Å². The molecule has 0 heterocycles.